The summed E-state index contributed by atoms with van der Waals surface area (Å²) in [6, 6.07) is 11.2. The molecule has 1 aromatic heterocycles. The van der Waals surface area contributed by atoms with E-state index < -0.39 is 0 Å². The van der Waals surface area contributed by atoms with Crippen molar-refractivity contribution in [3.05, 3.63) is 46.4 Å². The van der Waals surface area contributed by atoms with E-state index in [1.165, 1.54) is 25.7 Å². The van der Waals surface area contributed by atoms with Gasteiger partial charge in [-0.15, -0.1) is 0 Å². The van der Waals surface area contributed by atoms with Gasteiger partial charge < -0.3 is 4.74 Å². The van der Waals surface area contributed by atoms with Crippen LogP contribution in [-0.2, 0) is 0 Å². The third-order valence-electron chi connectivity index (χ3n) is 3.82. The van der Waals surface area contributed by atoms with Gasteiger partial charge in [-0.1, -0.05) is 42.1 Å². The van der Waals surface area contributed by atoms with Gasteiger partial charge in [0.15, 0.2) is 0 Å². The molecule has 0 atom stereocenters. The van der Waals surface area contributed by atoms with E-state index in [9.17, 15) is 0 Å². The van der Waals surface area contributed by atoms with Crippen LogP contribution >= 0.6 is 23.2 Å². The maximum Gasteiger partial charge on any atom is 0.213 e. The fraction of sp³-hybridized carbons (Fsp3) is 0.353. The average molecular weight is 322 g/mol. The lowest BCUT2D eigenvalue weighted by Crippen LogP contribution is -2.08. The van der Waals surface area contributed by atoms with Crippen molar-refractivity contribution in [2.24, 2.45) is 5.92 Å². The van der Waals surface area contributed by atoms with Crippen LogP contribution in [0.2, 0.25) is 10.0 Å². The predicted molar refractivity (Wildman–Crippen MR) is 87.1 cm³/mol. The van der Waals surface area contributed by atoms with Gasteiger partial charge in [0, 0.05) is 21.7 Å². The molecule has 0 unspecified atom stereocenters. The summed E-state index contributed by atoms with van der Waals surface area (Å²) >= 11 is 12.1. The summed E-state index contributed by atoms with van der Waals surface area (Å²) in [4.78, 5) is 4.55. The molecule has 2 aromatic rings. The monoisotopic (exact) mass is 321 g/mol. The Labute approximate surface area is 135 Å². The number of hydrogen-bond donors (Lipinski definition) is 0. The summed E-state index contributed by atoms with van der Waals surface area (Å²) in [5, 5.41) is 1.22. The molecule has 110 valence electrons. The largest absolute Gasteiger partial charge is 0.477 e. The zero-order valence-corrected chi connectivity index (χ0v) is 13.2. The first kappa shape index (κ1) is 14.7. The van der Waals surface area contributed by atoms with Gasteiger partial charge in [0.25, 0.3) is 0 Å². The number of rotatable bonds is 4. The van der Waals surface area contributed by atoms with E-state index in [0.29, 0.717) is 21.8 Å². The summed E-state index contributed by atoms with van der Waals surface area (Å²) in [7, 11) is 0. The number of halogens is 2. The van der Waals surface area contributed by atoms with Gasteiger partial charge in [-0.05, 0) is 43.0 Å². The van der Waals surface area contributed by atoms with Gasteiger partial charge in [0.2, 0.25) is 5.88 Å². The molecule has 21 heavy (non-hydrogen) atoms. The molecule has 0 spiro atoms. The standard InChI is InChI=1S/C17H17Cl2NO/c18-14-8-13(9-15(19)10-14)16-6-3-7-17(20-16)21-11-12-4-1-2-5-12/h3,6-10,12H,1-2,4-5,11H2. The van der Waals surface area contributed by atoms with Gasteiger partial charge in [0.1, 0.15) is 0 Å². The van der Waals surface area contributed by atoms with Gasteiger partial charge in [-0.2, -0.15) is 0 Å². The zero-order chi connectivity index (χ0) is 14.7. The van der Waals surface area contributed by atoms with E-state index in [1.807, 2.05) is 30.3 Å². The van der Waals surface area contributed by atoms with Crippen molar-refractivity contribution in [3.8, 4) is 17.1 Å². The minimum atomic E-state index is 0.608. The van der Waals surface area contributed by atoms with E-state index in [-0.39, 0.29) is 0 Å². The Bertz CT molecular complexity index is 604. The maximum atomic E-state index is 6.04. The van der Waals surface area contributed by atoms with Crippen molar-refractivity contribution < 1.29 is 4.74 Å². The lowest BCUT2D eigenvalue weighted by Gasteiger charge is -2.11. The lowest BCUT2D eigenvalue weighted by atomic mass is 10.1. The van der Waals surface area contributed by atoms with Gasteiger partial charge in [0.05, 0.1) is 12.3 Å². The summed E-state index contributed by atoms with van der Waals surface area (Å²) in [5.74, 6) is 1.34. The van der Waals surface area contributed by atoms with Gasteiger partial charge in [-0.25, -0.2) is 4.98 Å². The molecule has 1 aromatic carbocycles. The first-order chi connectivity index (χ1) is 10.2. The number of aromatic nitrogens is 1. The molecule has 1 fully saturated rings. The molecule has 0 saturated heterocycles. The second kappa shape index (κ2) is 6.67. The number of hydrogen-bond acceptors (Lipinski definition) is 2. The van der Waals surface area contributed by atoms with E-state index in [1.54, 1.807) is 6.07 Å². The first-order valence-corrected chi connectivity index (χ1v) is 8.02. The highest BCUT2D eigenvalue weighted by Gasteiger charge is 2.15. The van der Waals surface area contributed by atoms with Crippen LogP contribution in [0.25, 0.3) is 11.3 Å². The van der Waals surface area contributed by atoms with Crippen LogP contribution in [0.1, 0.15) is 25.7 Å². The second-order valence-corrected chi connectivity index (χ2v) is 6.35. The third-order valence-corrected chi connectivity index (χ3v) is 4.26. The highest BCUT2D eigenvalue weighted by molar-refractivity contribution is 6.35. The van der Waals surface area contributed by atoms with E-state index >= 15 is 0 Å². The minimum absolute atomic E-state index is 0.608. The second-order valence-electron chi connectivity index (χ2n) is 5.48. The van der Waals surface area contributed by atoms with E-state index in [2.05, 4.69) is 4.98 Å². The van der Waals surface area contributed by atoms with Crippen LogP contribution in [0, 0.1) is 5.92 Å². The van der Waals surface area contributed by atoms with Crippen molar-refractivity contribution in [2.45, 2.75) is 25.7 Å². The molecule has 2 nitrogen and oxygen atoms in total. The Kier molecular flexibility index (Phi) is 4.67. The first-order valence-electron chi connectivity index (χ1n) is 7.27. The quantitative estimate of drug-likeness (QED) is 0.728. The number of benzene rings is 1. The van der Waals surface area contributed by atoms with Crippen LogP contribution < -0.4 is 4.74 Å². The van der Waals surface area contributed by atoms with E-state index in [0.717, 1.165) is 17.9 Å². The molecular weight excluding hydrogens is 305 g/mol. The topological polar surface area (TPSA) is 22.1 Å². The predicted octanol–water partition coefficient (Wildman–Crippen LogP) is 5.62. The molecule has 0 radical (unpaired) electrons. The smallest absolute Gasteiger partial charge is 0.213 e. The molecular formula is C17H17Cl2NO. The summed E-state index contributed by atoms with van der Waals surface area (Å²) in [6.45, 7) is 0.757. The highest BCUT2D eigenvalue weighted by Crippen LogP contribution is 2.28. The van der Waals surface area contributed by atoms with Gasteiger partial charge in [-0.3, -0.25) is 0 Å². The Morgan fingerprint density at radius 2 is 1.76 bits per heavy atom. The summed E-state index contributed by atoms with van der Waals surface area (Å²) < 4.78 is 5.84. The van der Waals surface area contributed by atoms with Gasteiger partial charge >= 0.3 is 0 Å². The minimum Gasteiger partial charge on any atom is -0.477 e. The highest BCUT2D eigenvalue weighted by atomic mass is 35.5. The number of nitrogens with zero attached hydrogens (tertiary/aromatic N) is 1. The SMILES string of the molecule is Clc1cc(Cl)cc(-c2cccc(OCC3CCCC3)n2)c1. The fourth-order valence-corrected chi connectivity index (χ4v) is 3.26. The number of ether oxygens (including phenoxy) is 1. The molecule has 4 heteroatoms. The molecule has 1 saturated carbocycles. The van der Waals surface area contributed by atoms with Crippen molar-refractivity contribution in [2.75, 3.05) is 6.61 Å². The molecule has 0 aliphatic heterocycles. The van der Waals surface area contributed by atoms with Crippen molar-refractivity contribution in [1.82, 2.24) is 4.98 Å². The Morgan fingerprint density at radius 3 is 2.48 bits per heavy atom. The fourth-order valence-electron chi connectivity index (χ4n) is 2.74. The number of pyridine rings is 1. The van der Waals surface area contributed by atoms with Crippen LogP contribution in [0.5, 0.6) is 5.88 Å². The molecule has 1 aliphatic rings. The van der Waals surface area contributed by atoms with Crippen LogP contribution in [-0.4, -0.2) is 11.6 Å². The van der Waals surface area contributed by atoms with Crippen LogP contribution in [0.4, 0.5) is 0 Å². The maximum absolute atomic E-state index is 6.04. The normalized spacial score (nSPS) is 15.3. The zero-order valence-electron chi connectivity index (χ0n) is 11.7. The summed E-state index contributed by atoms with van der Waals surface area (Å²) in [5.41, 5.74) is 1.72. The van der Waals surface area contributed by atoms with Crippen molar-refractivity contribution in [1.29, 1.82) is 0 Å². The lowest BCUT2D eigenvalue weighted by molar-refractivity contribution is 0.244. The molecule has 0 N–H and O–H groups in total. The van der Waals surface area contributed by atoms with Crippen molar-refractivity contribution >= 4 is 23.2 Å². The molecule has 0 bridgehead atoms. The third kappa shape index (κ3) is 3.90. The Morgan fingerprint density at radius 1 is 1.05 bits per heavy atom. The Hall–Kier alpha value is -1.25. The molecule has 0 amide bonds. The molecule has 1 heterocycles. The van der Waals surface area contributed by atoms with Crippen molar-refractivity contribution in [3.63, 3.8) is 0 Å². The van der Waals surface area contributed by atoms with E-state index in [4.69, 9.17) is 27.9 Å². The molecule has 3 rings (SSSR count). The molecule has 1 aliphatic carbocycles. The van der Waals surface area contributed by atoms with Crippen LogP contribution in [0.3, 0.4) is 0 Å². The summed E-state index contributed by atoms with van der Waals surface area (Å²) in [6.07, 6.45) is 5.18. The Balaban J connectivity index is 1.75. The average Bonchev–Trinajstić information content (AvgIpc) is 2.98. The van der Waals surface area contributed by atoms with Crippen LogP contribution in [0.15, 0.2) is 36.4 Å².